The van der Waals surface area contributed by atoms with E-state index in [4.69, 9.17) is 0 Å². The zero-order chi connectivity index (χ0) is 44.0. The van der Waals surface area contributed by atoms with Crippen LogP contribution in [0.3, 0.4) is 0 Å². The minimum atomic E-state index is -0.0840. The van der Waals surface area contributed by atoms with Crippen LogP contribution in [0.5, 0.6) is 0 Å². The standard InChI is InChI=1S/C62H54N2/c1-61(2,3)49-35-38-55-58(41-49)64(51-24-14-9-15-25-51)59-42-50(62(4,5)6)40-56(60(55)59)48-23-18-26-53(39-48)63(57-28-17-16-27-54(57)47-21-12-8-13-22-47)52-36-33-46(34-37-52)45-31-29-44(30-32-45)43-19-10-7-11-20-43/h7-42H,1-6H3. The molecule has 0 aliphatic heterocycles. The van der Waals surface area contributed by atoms with E-state index in [2.05, 4.69) is 269 Å². The fraction of sp³-hybridized carbons (Fsp3) is 0.129. The Kier molecular flexibility index (Phi) is 10.4. The molecular formula is C62H54N2. The third kappa shape index (κ3) is 7.71. The first kappa shape index (κ1) is 40.6. The van der Waals surface area contributed by atoms with Gasteiger partial charge in [0.1, 0.15) is 0 Å². The van der Waals surface area contributed by atoms with Gasteiger partial charge in [-0.1, -0.05) is 199 Å². The van der Waals surface area contributed by atoms with Crippen molar-refractivity contribution in [3.05, 3.63) is 230 Å². The molecule has 0 unspecified atom stereocenters. The van der Waals surface area contributed by atoms with E-state index >= 15 is 0 Å². The van der Waals surface area contributed by atoms with Gasteiger partial charge >= 0.3 is 0 Å². The maximum absolute atomic E-state index is 2.49. The van der Waals surface area contributed by atoms with Crippen molar-refractivity contribution in [1.82, 2.24) is 4.57 Å². The molecule has 0 N–H and O–H groups in total. The Morgan fingerprint density at radius 1 is 0.344 bits per heavy atom. The second kappa shape index (κ2) is 16.4. The van der Waals surface area contributed by atoms with Crippen molar-refractivity contribution in [2.45, 2.75) is 52.4 Å². The second-order valence-electron chi connectivity index (χ2n) is 19.1. The van der Waals surface area contributed by atoms with Gasteiger partial charge < -0.3 is 9.47 Å². The van der Waals surface area contributed by atoms with Crippen molar-refractivity contribution in [2.24, 2.45) is 0 Å². The number of aromatic nitrogens is 1. The maximum atomic E-state index is 2.49. The fourth-order valence-corrected chi connectivity index (χ4v) is 9.19. The molecule has 0 saturated heterocycles. The lowest BCUT2D eigenvalue weighted by atomic mass is 9.83. The van der Waals surface area contributed by atoms with E-state index in [-0.39, 0.29) is 10.8 Å². The Morgan fingerprint density at radius 3 is 1.48 bits per heavy atom. The lowest BCUT2D eigenvalue weighted by Gasteiger charge is -2.28. The monoisotopic (exact) mass is 826 g/mol. The summed E-state index contributed by atoms with van der Waals surface area (Å²) in [5.74, 6) is 0. The van der Waals surface area contributed by atoms with Gasteiger partial charge in [-0.25, -0.2) is 0 Å². The molecule has 0 fully saturated rings. The van der Waals surface area contributed by atoms with Crippen LogP contribution in [-0.4, -0.2) is 4.57 Å². The summed E-state index contributed by atoms with van der Waals surface area (Å²) < 4.78 is 2.49. The Hall–Kier alpha value is -7.42. The molecule has 1 heterocycles. The van der Waals surface area contributed by atoms with Crippen LogP contribution in [0.4, 0.5) is 17.1 Å². The number of anilines is 3. The minimum Gasteiger partial charge on any atom is -0.310 e. The van der Waals surface area contributed by atoms with Gasteiger partial charge in [0.2, 0.25) is 0 Å². The van der Waals surface area contributed by atoms with Crippen molar-refractivity contribution in [1.29, 1.82) is 0 Å². The average Bonchev–Trinajstić information content (AvgIpc) is 3.66. The summed E-state index contributed by atoms with van der Waals surface area (Å²) in [6.07, 6.45) is 0. The molecular weight excluding hydrogens is 773 g/mol. The first-order chi connectivity index (χ1) is 31.0. The molecule has 0 spiro atoms. The van der Waals surface area contributed by atoms with Crippen molar-refractivity contribution in [3.8, 4) is 50.2 Å². The molecule has 0 aliphatic carbocycles. The normalized spacial score (nSPS) is 11.9. The van der Waals surface area contributed by atoms with Gasteiger partial charge in [-0.2, -0.15) is 0 Å². The molecule has 2 nitrogen and oxygen atoms in total. The van der Waals surface area contributed by atoms with Crippen LogP contribution in [0.15, 0.2) is 218 Å². The van der Waals surface area contributed by atoms with Crippen LogP contribution in [0.1, 0.15) is 52.7 Å². The number of benzene rings is 9. The van der Waals surface area contributed by atoms with Crippen LogP contribution in [-0.2, 0) is 10.8 Å². The Morgan fingerprint density at radius 2 is 0.859 bits per heavy atom. The first-order valence-electron chi connectivity index (χ1n) is 22.5. The quantitative estimate of drug-likeness (QED) is 0.148. The highest BCUT2D eigenvalue weighted by Gasteiger charge is 2.25. The summed E-state index contributed by atoms with van der Waals surface area (Å²) >= 11 is 0. The molecule has 0 radical (unpaired) electrons. The van der Waals surface area contributed by atoms with Gasteiger partial charge in [0, 0.05) is 33.4 Å². The summed E-state index contributed by atoms with van der Waals surface area (Å²) in [6, 6.07) is 80.1. The van der Waals surface area contributed by atoms with Crippen molar-refractivity contribution < 1.29 is 0 Å². The number of hydrogen-bond donors (Lipinski definition) is 0. The Balaban J connectivity index is 1.17. The van der Waals surface area contributed by atoms with Gasteiger partial charge in [-0.3, -0.25) is 0 Å². The van der Waals surface area contributed by atoms with Gasteiger partial charge in [0.25, 0.3) is 0 Å². The van der Waals surface area contributed by atoms with Crippen molar-refractivity contribution in [3.63, 3.8) is 0 Å². The highest BCUT2D eigenvalue weighted by Crippen LogP contribution is 2.46. The molecule has 312 valence electrons. The molecule has 2 heteroatoms. The van der Waals surface area contributed by atoms with E-state index in [0.29, 0.717) is 0 Å². The molecule has 0 aliphatic rings. The number of hydrogen-bond acceptors (Lipinski definition) is 1. The maximum Gasteiger partial charge on any atom is 0.0550 e. The number of fused-ring (bicyclic) bond motifs is 3. The highest BCUT2D eigenvalue weighted by molar-refractivity contribution is 6.16. The molecule has 10 aromatic rings. The molecule has 9 aromatic carbocycles. The van der Waals surface area contributed by atoms with Gasteiger partial charge in [0.05, 0.1) is 16.7 Å². The number of rotatable bonds is 8. The minimum absolute atomic E-state index is 0.00455. The lowest BCUT2D eigenvalue weighted by molar-refractivity contribution is 0.591. The largest absolute Gasteiger partial charge is 0.310 e. The molecule has 10 rings (SSSR count). The molecule has 0 saturated carbocycles. The Labute approximate surface area is 378 Å². The molecule has 0 bridgehead atoms. The lowest BCUT2D eigenvalue weighted by Crippen LogP contribution is -2.12. The summed E-state index contributed by atoms with van der Waals surface area (Å²) in [4.78, 5) is 2.43. The van der Waals surface area contributed by atoms with Crippen molar-refractivity contribution in [2.75, 3.05) is 4.90 Å². The predicted octanol–water partition coefficient (Wildman–Crippen LogP) is 17.5. The van der Waals surface area contributed by atoms with Crippen LogP contribution >= 0.6 is 0 Å². The summed E-state index contributed by atoms with van der Waals surface area (Å²) in [6.45, 7) is 13.9. The number of para-hydroxylation sites is 2. The average molecular weight is 827 g/mol. The SMILES string of the molecule is CC(C)(C)c1ccc2c3c(-c4cccc(N(c5ccc(-c6ccc(-c7ccccc7)cc6)cc5)c5ccccc5-c5ccccc5)c4)cc(C(C)(C)C)cc3n(-c3ccccc3)c2c1. The van der Waals surface area contributed by atoms with Crippen LogP contribution in [0.25, 0.3) is 72.0 Å². The topological polar surface area (TPSA) is 8.17 Å². The summed E-state index contributed by atoms with van der Waals surface area (Å²) in [7, 11) is 0. The van der Waals surface area contributed by atoms with Crippen LogP contribution < -0.4 is 4.90 Å². The molecule has 64 heavy (non-hydrogen) atoms. The smallest absolute Gasteiger partial charge is 0.0550 e. The summed E-state index contributed by atoms with van der Waals surface area (Å²) in [5, 5.41) is 2.52. The zero-order valence-corrected chi connectivity index (χ0v) is 37.7. The third-order valence-electron chi connectivity index (χ3n) is 12.7. The van der Waals surface area contributed by atoms with Gasteiger partial charge in [0.15, 0.2) is 0 Å². The van der Waals surface area contributed by atoms with E-state index in [9.17, 15) is 0 Å². The van der Waals surface area contributed by atoms with Gasteiger partial charge in [-0.15, -0.1) is 0 Å². The van der Waals surface area contributed by atoms with Crippen LogP contribution in [0.2, 0.25) is 0 Å². The van der Waals surface area contributed by atoms with E-state index in [0.717, 1.165) is 17.1 Å². The highest BCUT2D eigenvalue weighted by atomic mass is 15.1. The zero-order valence-electron chi connectivity index (χ0n) is 37.7. The number of nitrogens with zero attached hydrogens (tertiary/aromatic N) is 2. The first-order valence-corrected chi connectivity index (χ1v) is 22.5. The fourth-order valence-electron chi connectivity index (χ4n) is 9.19. The Bertz CT molecular complexity index is 3240. The molecule has 1 aromatic heterocycles. The van der Waals surface area contributed by atoms with Crippen LogP contribution in [0, 0.1) is 0 Å². The van der Waals surface area contributed by atoms with E-state index in [1.165, 1.54) is 83.1 Å². The van der Waals surface area contributed by atoms with Crippen molar-refractivity contribution >= 4 is 38.9 Å². The van der Waals surface area contributed by atoms with E-state index in [1.807, 2.05) is 0 Å². The molecule has 0 atom stereocenters. The third-order valence-corrected chi connectivity index (χ3v) is 12.7. The second-order valence-corrected chi connectivity index (χ2v) is 19.1. The summed E-state index contributed by atoms with van der Waals surface area (Å²) in [5.41, 5.74) is 19.0. The van der Waals surface area contributed by atoms with E-state index in [1.54, 1.807) is 0 Å². The van der Waals surface area contributed by atoms with E-state index < -0.39 is 0 Å². The predicted molar refractivity (Wildman–Crippen MR) is 275 cm³/mol. The molecule has 0 amide bonds. The van der Waals surface area contributed by atoms with Gasteiger partial charge in [-0.05, 0) is 122 Å².